The van der Waals surface area contributed by atoms with Crippen LogP contribution in [0.1, 0.15) is 31.4 Å². The number of hydrogen-bond donors (Lipinski definition) is 0. The lowest BCUT2D eigenvalue weighted by atomic mass is 9.96. The van der Waals surface area contributed by atoms with E-state index in [-0.39, 0.29) is 10.5 Å². The summed E-state index contributed by atoms with van der Waals surface area (Å²) >= 11 is 0. The first-order valence-electron chi connectivity index (χ1n) is 6.87. The van der Waals surface area contributed by atoms with Gasteiger partial charge in [-0.2, -0.15) is 0 Å². The second kappa shape index (κ2) is 4.15. The highest BCUT2D eigenvalue weighted by Crippen LogP contribution is 2.39. The summed E-state index contributed by atoms with van der Waals surface area (Å²) in [5, 5.41) is -0.522. The molecule has 2 aliphatic heterocycles. The third kappa shape index (κ3) is 1.64. The molecule has 2 aromatic heterocycles. The molecule has 1 saturated heterocycles. The van der Waals surface area contributed by atoms with Gasteiger partial charge in [0.05, 0.1) is 28.6 Å². The molecular weight excluding hydrogens is 274 g/mol. The minimum atomic E-state index is -2.96. The molecule has 5 nitrogen and oxygen atoms in total. The summed E-state index contributed by atoms with van der Waals surface area (Å²) in [4.78, 5) is 8.39. The van der Waals surface area contributed by atoms with Crippen LogP contribution < -0.4 is 0 Å². The summed E-state index contributed by atoms with van der Waals surface area (Å²) in [7, 11) is -2.96. The molecule has 2 unspecified atom stereocenters. The van der Waals surface area contributed by atoms with Crippen LogP contribution in [0.3, 0.4) is 0 Å². The van der Waals surface area contributed by atoms with Crippen LogP contribution in [-0.4, -0.2) is 33.3 Å². The molecule has 0 N–H and O–H groups in total. The molecule has 0 saturated carbocycles. The largest absolute Gasteiger partial charge is 0.297 e. The fourth-order valence-corrected chi connectivity index (χ4v) is 5.58. The van der Waals surface area contributed by atoms with Crippen molar-refractivity contribution in [1.82, 2.24) is 14.4 Å². The second-order valence-electron chi connectivity index (χ2n) is 5.52. The highest BCUT2D eigenvalue weighted by molar-refractivity contribution is 7.93. The highest BCUT2D eigenvalue weighted by Gasteiger charge is 2.40. The maximum atomic E-state index is 12.3. The van der Waals surface area contributed by atoms with Crippen molar-refractivity contribution in [2.45, 2.75) is 36.2 Å². The van der Waals surface area contributed by atoms with Gasteiger partial charge in [-0.25, -0.2) is 13.4 Å². The van der Waals surface area contributed by atoms with Gasteiger partial charge in [-0.15, -0.1) is 0 Å². The van der Waals surface area contributed by atoms with E-state index in [4.69, 9.17) is 0 Å². The van der Waals surface area contributed by atoms with E-state index >= 15 is 0 Å². The number of hydrogen-bond acceptors (Lipinski definition) is 4. The Morgan fingerprint density at radius 3 is 3.00 bits per heavy atom. The van der Waals surface area contributed by atoms with Gasteiger partial charge >= 0.3 is 0 Å². The number of aromatic nitrogens is 3. The number of sulfone groups is 1. The van der Waals surface area contributed by atoms with Crippen LogP contribution in [0, 0.1) is 0 Å². The van der Waals surface area contributed by atoms with Gasteiger partial charge in [0.1, 0.15) is 0 Å². The molecule has 2 bridgehead atoms. The van der Waals surface area contributed by atoms with Crippen molar-refractivity contribution in [2.75, 3.05) is 0 Å². The van der Waals surface area contributed by atoms with E-state index in [2.05, 4.69) is 9.97 Å². The third-order valence-corrected chi connectivity index (χ3v) is 6.93. The molecule has 4 heterocycles. The van der Waals surface area contributed by atoms with Crippen LogP contribution in [0.5, 0.6) is 0 Å². The first-order valence-corrected chi connectivity index (χ1v) is 8.48. The topological polar surface area (TPSA) is 64.3 Å². The molecule has 20 heavy (non-hydrogen) atoms. The normalized spacial score (nSPS) is 28.3. The van der Waals surface area contributed by atoms with E-state index in [0.717, 1.165) is 36.2 Å². The first-order chi connectivity index (χ1) is 9.66. The number of fused-ring (bicyclic) bond motifs is 3. The minimum Gasteiger partial charge on any atom is -0.297 e. The molecule has 1 fully saturated rings. The monoisotopic (exact) mass is 289 g/mol. The van der Waals surface area contributed by atoms with Gasteiger partial charge < -0.3 is 0 Å². The average molecular weight is 289 g/mol. The van der Waals surface area contributed by atoms with Gasteiger partial charge in [-0.1, -0.05) is 12.5 Å². The molecule has 0 spiro atoms. The number of imidazole rings is 1. The van der Waals surface area contributed by atoms with E-state index in [1.54, 1.807) is 12.4 Å². The molecule has 0 aromatic carbocycles. The molecule has 2 aromatic rings. The predicted molar refractivity (Wildman–Crippen MR) is 75.9 cm³/mol. The van der Waals surface area contributed by atoms with E-state index in [9.17, 15) is 8.42 Å². The summed E-state index contributed by atoms with van der Waals surface area (Å²) in [6, 6.07) is 0. The van der Waals surface area contributed by atoms with Crippen molar-refractivity contribution >= 4 is 21.1 Å². The zero-order chi connectivity index (χ0) is 13.7. The molecule has 0 aliphatic carbocycles. The number of allylic oxidation sites excluding steroid dienone is 1. The molecule has 0 radical (unpaired) electrons. The van der Waals surface area contributed by atoms with Crippen molar-refractivity contribution < 1.29 is 8.42 Å². The molecule has 104 valence electrons. The Kier molecular flexibility index (Phi) is 2.51. The van der Waals surface area contributed by atoms with E-state index in [0.29, 0.717) is 6.42 Å². The van der Waals surface area contributed by atoms with Crippen LogP contribution in [0.4, 0.5) is 0 Å². The van der Waals surface area contributed by atoms with Crippen LogP contribution in [-0.2, 0) is 9.84 Å². The van der Waals surface area contributed by atoms with Crippen molar-refractivity contribution in [2.24, 2.45) is 0 Å². The molecule has 2 atom stereocenters. The Balaban J connectivity index is 1.86. The maximum absolute atomic E-state index is 12.3. The van der Waals surface area contributed by atoms with Crippen molar-refractivity contribution in [3.05, 3.63) is 36.6 Å². The number of nitrogens with zero attached hydrogens (tertiary/aromatic N) is 3. The molecule has 2 aliphatic rings. The lowest BCUT2D eigenvalue weighted by Crippen LogP contribution is -2.38. The average Bonchev–Trinajstić information content (AvgIpc) is 2.81. The predicted octanol–water partition coefficient (Wildman–Crippen LogP) is 1.85. The zero-order valence-electron chi connectivity index (χ0n) is 10.9. The molecular formula is C14H15N3O2S. The lowest BCUT2D eigenvalue weighted by molar-refractivity contribution is 0.517. The fraction of sp³-hybridized carbons (Fsp3) is 0.429. The summed E-state index contributed by atoms with van der Waals surface area (Å²) in [5.41, 5.74) is 2.89. The smallest absolute Gasteiger partial charge is 0.159 e. The Bertz CT molecular complexity index is 807. The van der Waals surface area contributed by atoms with Crippen molar-refractivity contribution in [1.29, 1.82) is 0 Å². The van der Waals surface area contributed by atoms with Crippen molar-refractivity contribution in [3.8, 4) is 0 Å². The van der Waals surface area contributed by atoms with Crippen LogP contribution in [0.15, 0.2) is 30.9 Å². The van der Waals surface area contributed by atoms with E-state index in [1.165, 1.54) is 0 Å². The molecule has 4 rings (SSSR count). The van der Waals surface area contributed by atoms with Gasteiger partial charge in [-0.3, -0.25) is 9.38 Å². The fourth-order valence-electron chi connectivity index (χ4n) is 3.33. The summed E-state index contributed by atoms with van der Waals surface area (Å²) < 4.78 is 26.6. The molecule has 6 heteroatoms. The highest BCUT2D eigenvalue weighted by atomic mass is 32.2. The van der Waals surface area contributed by atoms with Gasteiger partial charge in [0.15, 0.2) is 15.5 Å². The summed E-state index contributed by atoms with van der Waals surface area (Å²) in [6.07, 6.45) is 12.2. The van der Waals surface area contributed by atoms with Gasteiger partial charge in [0.2, 0.25) is 0 Å². The lowest BCUT2D eigenvalue weighted by Gasteiger charge is -2.33. The van der Waals surface area contributed by atoms with Gasteiger partial charge in [-0.05, 0) is 24.8 Å². The zero-order valence-corrected chi connectivity index (χ0v) is 11.8. The Morgan fingerprint density at radius 1 is 1.25 bits per heavy atom. The second-order valence-corrected chi connectivity index (χ2v) is 7.97. The Hall–Kier alpha value is -1.69. The Morgan fingerprint density at radius 2 is 2.15 bits per heavy atom. The van der Waals surface area contributed by atoms with E-state index in [1.807, 2.05) is 22.9 Å². The van der Waals surface area contributed by atoms with E-state index < -0.39 is 9.84 Å². The molecule has 0 amide bonds. The standard InChI is InChI=1S/C14H15N3O2S/c18-20(19)11-2-1-3-12(20)7-10(6-11)13-8-16-14-9-15-4-5-17(13)14/h4-6,8-9,11-12H,1-3,7H2. The van der Waals surface area contributed by atoms with Crippen LogP contribution in [0.2, 0.25) is 0 Å². The van der Waals surface area contributed by atoms with Gasteiger partial charge in [0.25, 0.3) is 0 Å². The van der Waals surface area contributed by atoms with Crippen LogP contribution in [0.25, 0.3) is 11.2 Å². The van der Waals surface area contributed by atoms with Crippen LogP contribution >= 0.6 is 0 Å². The van der Waals surface area contributed by atoms with Gasteiger partial charge in [0, 0.05) is 12.4 Å². The quantitative estimate of drug-likeness (QED) is 0.803. The maximum Gasteiger partial charge on any atom is 0.159 e. The summed E-state index contributed by atoms with van der Waals surface area (Å²) in [6.45, 7) is 0. The minimum absolute atomic E-state index is 0.214. The van der Waals surface area contributed by atoms with Crippen molar-refractivity contribution in [3.63, 3.8) is 0 Å². The Labute approximate surface area is 117 Å². The SMILES string of the molecule is O=S1(=O)C2C=C(c3cnc4cnccn34)CC1CCC2. The summed E-state index contributed by atoms with van der Waals surface area (Å²) in [5.74, 6) is 0. The third-order valence-electron chi connectivity index (χ3n) is 4.38. The first kappa shape index (κ1) is 12.1. The number of rotatable bonds is 1.